The highest BCUT2D eigenvalue weighted by Gasteiger charge is 2.54. The van der Waals surface area contributed by atoms with Crippen molar-refractivity contribution in [3.63, 3.8) is 0 Å². The monoisotopic (exact) mass is 314 g/mol. The second-order valence-corrected chi connectivity index (χ2v) is 7.35. The summed E-state index contributed by atoms with van der Waals surface area (Å²) < 4.78 is 0. The van der Waals surface area contributed by atoms with Crippen LogP contribution >= 0.6 is 11.3 Å². The van der Waals surface area contributed by atoms with Crippen molar-refractivity contribution in [2.75, 3.05) is 13.2 Å². The molecule has 1 aromatic carbocycles. The summed E-state index contributed by atoms with van der Waals surface area (Å²) in [5.74, 6) is 1.05. The van der Waals surface area contributed by atoms with Gasteiger partial charge in [-0.3, -0.25) is 4.79 Å². The van der Waals surface area contributed by atoms with Crippen LogP contribution in [0.5, 0.6) is 0 Å². The van der Waals surface area contributed by atoms with Crippen molar-refractivity contribution in [3.05, 3.63) is 41.0 Å². The summed E-state index contributed by atoms with van der Waals surface area (Å²) in [5.41, 5.74) is 1.56. The lowest BCUT2D eigenvalue weighted by Gasteiger charge is -2.25. The maximum absolute atomic E-state index is 12.9. The number of benzene rings is 1. The molecule has 2 fully saturated rings. The molecule has 1 aromatic heterocycles. The summed E-state index contributed by atoms with van der Waals surface area (Å²) in [6.07, 6.45) is 1.15. The van der Waals surface area contributed by atoms with Crippen molar-refractivity contribution in [1.82, 2.24) is 9.88 Å². The van der Waals surface area contributed by atoms with Crippen LogP contribution in [0.4, 0.5) is 0 Å². The summed E-state index contributed by atoms with van der Waals surface area (Å²) in [6, 6.07) is 9.90. The molecule has 1 saturated carbocycles. The lowest BCUT2D eigenvalue weighted by Crippen LogP contribution is -2.41. The number of aryl methyl sites for hydroxylation is 1. The molecule has 3 atom stereocenters. The number of hydrogen-bond acceptors (Lipinski definition) is 4. The number of carbonyl (C=O) groups excluding carboxylic acids is 1. The molecule has 1 saturated heterocycles. The lowest BCUT2D eigenvalue weighted by molar-refractivity contribution is 0.0629. The SMILES string of the molecule is Cc1nc(C(=O)N2C[C@H]3C[C@H]3[C@H]2CO)c(-c2ccccc2)s1. The number of rotatable bonds is 3. The Balaban J connectivity index is 1.69. The molecule has 0 bridgehead atoms. The van der Waals surface area contributed by atoms with Gasteiger partial charge in [0.15, 0.2) is 0 Å². The van der Waals surface area contributed by atoms with Crippen molar-refractivity contribution < 1.29 is 9.90 Å². The zero-order chi connectivity index (χ0) is 15.3. The van der Waals surface area contributed by atoms with E-state index in [1.54, 1.807) is 11.3 Å². The molecule has 2 aliphatic rings. The van der Waals surface area contributed by atoms with Gasteiger partial charge in [0.05, 0.1) is 22.5 Å². The van der Waals surface area contributed by atoms with Crippen LogP contribution in [0.25, 0.3) is 10.4 Å². The molecule has 2 aromatic rings. The number of hydrogen-bond donors (Lipinski definition) is 1. The third-order valence-corrected chi connectivity index (χ3v) is 5.74. The summed E-state index contributed by atoms with van der Waals surface area (Å²) >= 11 is 1.55. The van der Waals surface area contributed by atoms with Crippen LogP contribution < -0.4 is 0 Å². The molecule has 5 heteroatoms. The number of aliphatic hydroxyl groups is 1. The maximum atomic E-state index is 12.9. The molecule has 1 N–H and O–H groups in total. The van der Waals surface area contributed by atoms with E-state index < -0.39 is 0 Å². The molecule has 0 spiro atoms. The second kappa shape index (κ2) is 5.18. The van der Waals surface area contributed by atoms with Gasteiger partial charge in [0, 0.05) is 6.54 Å². The summed E-state index contributed by atoms with van der Waals surface area (Å²) in [4.78, 5) is 20.2. The third kappa shape index (κ3) is 2.16. The Morgan fingerprint density at radius 1 is 1.41 bits per heavy atom. The van der Waals surface area contributed by atoms with E-state index in [1.165, 1.54) is 0 Å². The van der Waals surface area contributed by atoms with Gasteiger partial charge in [-0.2, -0.15) is 0 Å². The van der Waals surface area contributed by atoms with Crippen molar-refractivity contribution in [3.8, 4) is 10.4 Å². The first-order valence-electron chi connectivity index (χ1n) is 7.63. The van der Waals surface area contributed by atoms with E-state index in [2.05, 4.69) is 4.98 Å². The van der Waals surface area contributed by atoms with E-state index in [0.29, 0.717) is 17.5 Å². The molecule has 1 aliphatic heterocycles. The maximum Gasteiger partial charge on any atom is 0.274 e. The number of nitrogens with zero attached hydrogens (tertiary/aromatic N) is 2. The quantitative estimate of drug-likeness (QED) is 0.947. The van der Waals surface area contributed by atoms with Crippen molar-refractivity contribution in [1.29, 1.82) is 0 Å². The van der Waals surface area contributed by atoms with E-state index in [1.807, 2.05) is 42.2 Å². The van der Waals surface area contributed by atoms with Crippen molar-refractivity contribution in [2.24, 2.45) is 11.8 Å². The Hall–Kier alpha value is -1.72. The molecule has 2 heterocycles. The van der Waals surface area contributed by atoms with Crippen molar-refractivity contribution >= 4 is 17.2 Å². The summed E-state index contributed by atoms with van der Waals surface area (Å²) in [6.45, 7) is 2.75. The van der Waals surface area contributed by atoms with Crippen LogP contribution in [-0.2, 0) is 0 Å². The van der Waals surface area contributed by atoms with Crippen LogP contribution in [-0.4, -0.2) is 40.1 Å². The van der Waals surface area contributed by atoms with Crippen LogP contribution in [0.2, 0.25) is 0 Å². The average molecular weight is 314 g/mol. The Bertz CT molecular complexity index is 713. The van der Waals surface area contributed by atoms with Crippen molar-refractivity contribution in [2.45, 2.75) is 19.4 Å². The number of fused-ring (bicyclic) bond motifs is 1. The molecule has 4 rings (SSSR count). The van der Waals surface area contributed by atoms with E-state index >= 15 is 0 Å². The summed E-state index contributed by atoms with van der Waals surface area (Å²) in [7, 11) is 0. The standard InChI is InChI=1S/C17H18N2O2S/c1-10-18-15(16(22-10)11-5-3-2-4-6-11)17(21)19-8-12-7-13(12)14(19)9-20/h2-6,12-14,20H,7-9H2,1H3/t12-,13-,14-/m1/s1. The fourth-order valence-electron chi connectivity index (χ4n) is 3.53. The smallest absolute Gasteiger partial charge is 0.274 e. The molecular weight excluding hydrogens is 296 g/mol. The molecule has 1 aliphatic carbocycles. The lowest BCUT2D eigenvalue weighted by atomic mass is 10.1. The number of piperidine rings is 1. The highest BCUT2D eigenvalue weighted by Crippen LogP contribution is 2.50. The minimum absolute atomic E-state index is 0.0249. The molecule has 114 valence electrons. The molecule has 0 radical (unpaired) electrons. The molecular formula is C17H18N2O2S. The van der Waals surface area contributed by atoms with Gasteiger partial charge in [0.2, 0.25) is 0 Å². The van der Waals surface area contributed by atoms with Gasteiger partial charge in [0.1, 0.15) is 5.69 Å². The van der Waals surface area contributed by atoms with Gasteiger partial charge in [-0.1, -0.05) is 30.3 Å². The number of aromatic nitrogens is 1. The fourth-order valence-corrected chi connectivity index (χ4v) is 4.45. The largest absolute Gasteiger partial charge is 0.394 e. The van der Waals surface area contributed by atoms with Gasteiger partial charge in [-0.05, 0) is 30.7 Å². The normalized spacial score (nSPS) is 26.1. The van der Waals surface area contributed by atoms with E-state index in [0.717, 1.165) is 28.4 Å². The zero-order valence-corrected chi connectivity index (χ0v) is 13.2. The fraction of sp³-hybridized carbons (Fsp3) is 0.412. The first-order chi connectivity index (χ1) is 10.7. The number of thiazole rings is 1. The minimum Gasteiger partial charge on any atom is -0.394 e. The van der Waals surface area contributed by atoms with Gasteiger partial charge >= 0.3 is 0 Å². The van der Waals surface area contributed by atoms with E-state index in [9.17, 15) is 9.90 Å². The van der Waals surface area contributed by atoms with Crippen LogP contribution in [0.1, 0.15) is 21.9 Å². The van der Waals surface area contributed by atoms with Crippen LogP contribution in [0.15, 0.2) is 30.3 Å². The predicted octanol–water partition coefficient (Wildman–Crippen LogP) is 2.57. The van der Waals surface area contributed by atoms with Gasteiger partial charge < -0.3 is 10.0 Å². The van der Waals surface area contributed by atoms with Crippen LogP contribution in [0, 0.1) is 18.8 Å². The number of amides is 1. The minimum atomic E-state index is -0.0329. The first kappa shape index (κ1) is 13.9. The number of likely N-dealkylation sites (tertiary alicyclic amines) is 1. The Kier molecular flexibility index (Phi) is 3.27. The zero-order valence-electron chi connectivity index (χ0n) is 12.4. The Morgan fingerprint density at radius 2 is 2.18 bits per heavy atom. The number of aliphatic hydroxyl groups excluding tert-OH is 1. The van der Waals surface area contributed by atoms with Gasteiger partial charge in [0.25, 0.3) is 5.91 Å². The topological polar surface area (TPSA) is 53.4 Å². The predicted molar refractivity (Wildman–Crippen MR) is 85.8 cm³/mol. The molecule has 0 unspecified atom stereocenters. The summed E-state index contributed by atoms with van der Waals surface area (Å²) in [5, 5.41) is 10.5. The van der Waals surface area contributed by atoms with Gasteiger partial charge in [-0.15, -0.1) is 11.3 Å². The highest BCUT2D eigenvalue weighted by atomic mass is 32.1. The number of carbonyl (C=O) groups is 1. The average Bonchev–Trinajstić information content (AvgIpc) is 3.04. The highest BCUT2D eigenvalue weighted by molar-refractivity contribution is 7.15. The second-order valence-electron chi connectivity index (χ2n) is 6.14. The van der Waals surface area contributed by atoms with Crippen LogP contribution in [0.3, 0.4) is 0 Å². The van der Waals surface area contributed by atoms with E-state index in [4.69, 9.17) is 0 Å². The third-order valence-electron chi connectivity index (χ3n) is 4.72. The van der Waals surface area contributed by atoms with Gasteiger partial charge in [-0.25, -0.2) is 4.98 Å². The molecule has 22 heavy (non-hydrogen) atoms. The van der Waals surface area contributed by atoms with E-state index in [-0.39, 0.29) is 18.6 Å². The Morgan fingerprint density at radius 3 is 2.91 bits per heavy atom. The first-order valence-corrected chi connectivity index (χ1v) is 8.45. The molecule has 4 nitrogen and oxygen atoms in total. The molecule has 1 amide bonds. The Labute approximate surface area is 133 Å².